The van der Waals surface area contributed by atoms with Crippen molar-refractivity contribution in [3.8, 4) is 44.8 Å². The van der Waals surface area contributed by atoms with Gasteiger partial charge in [0.25, 0.3) is 0 Å². The Bertz CT molecular complexity index is 3510. The van der Waals surface area contributed by atoms with E-state index in [9.17, 15) is 0 Å². The molecule has 0 N–H and O–H groups in total. The summed E-state index contributed by atoms with van der Waals surface area (Å²) in [5.41, 5.74) is 15.9. The maximum atomic E-state index is 6.56. The van der Waals surface area contributed by atoms with Gasteiger partial charge in [-0.3, -0.25) is 0 Å². The van der Waals surface area contributed by atoms with Gasteiger partial charge in [-0.15, -0.1) is 0 Å². The van der Waals surface area contributed by atoms with Gasteiger partial charge >= 0.3 is 0 Å². The van der Waals surface area contributed by atoms with Crippen LogP contribution in [0.15, 0.2) is 211 Å². The van der Waals surface area contributed by atoms with Gasteiger partial charge in [-0.25, -0.2) is 0 Å². The van der Waals surface area contributed by atoms with Gasteiger partial charge in [-0.05, 0) is 82.4 Å². The molecule has 3 heterocycles. The molecule has 3 aromatic heterocycles. The molecule has 0 spiro atoms. The van der Waals surface area contributed by atoms with E-state index in [-0.39, 0.29) is 0 Å². The lowest BCUT2D eigenvalue weighted by atomic mass is 9.97. The predicted molar refractivity (Wildman–Crippen MR) is 239 cm³/mol. The summed E-state index contributed by atoms with van der Waals surface area (Å²) < 4.78 is 11.4. The van der Waals surface area contributed by atoms with Crippen LogP contribution in [-0.4, -0.2) is 9.13 Å². The van der Waals surface area contributed by atoms with E-state index in [0.717, 1.165) is 44.3 Å². The molecule has 0 saturated heterocycles. The van der Waals surface area contributed by atoms with Gasteiger partial charge in [0, 0.05) is 37.9 Å². The minimum absolute atomic E-state index is 0.898. The van der Waals surface area contributed by atoms with Gasteiger partial charge in [0.1, 0.15) is 5.58 Å². The van der Waals surface area contributed by atoms with Crippen molar-refractivity contribution in [2.75, 3.05) is 0 Å². The predicted octanol–water partition coefficient (Wildman–Crippen LogP) is 14.8. The molecule has 0 aliphatic rings. The van der Waals surface area contributed by atoms with Crippen molar-refractivity contribution in [3.05, 3.63) is 206 Å². The fourth-order valence-corrected chi connectivity index (χ4v) is 9.22. The standard InChI is InChI=1S/C54H34N2O/c1-3-15-35(16-4-1)39-19-7-10-24-46(39)55-49-32-30-38(34-45(49)53-40(22-13-26-50(53)55)36-17-5-2-6-18-36)37-29-31-48-44(33-37)41-20-8-11-25-47(41)56(48)51-27-14-23-43-42-21-9-12-28-52(42)57-54(43)51/h1-34H. The Balaban J connectivity index is 1.10. The van der Waals surface area contributed by atoms with Crippen LogP contribution in [-0.2, 0) is 0 Å². The Kier molecular flexibility index (Phi) is 6.93. The third-order valence-corrected chi connectivity index (χ3v) is 11.7. The lowest BCUT2D eigenvalue weighted by Gasteiger charge is -2.14. The summed E-state index contributed by atoms with van der Waals surface area (Å²) in [7, 11) is 0. The van der Waals surface area contributed by atoms with Crippen molar-refractivity contribution in [2.45, 2.75) is 0 Å². The molecule has 3 nitrogen and oxygen atoms in total. The fraction of sp³-hybridized carbons (Fsp3) is 0. The minimum atomic E-state index is 0.898. The summed E-state index contributed by atoms with van der Waals surface area (Å²) in [5, 5.41) is 7.15. The quantitative estimate of drug-likeness (QED) is 0.173. The number of nitrogens with zero attached hydrogens (tertiary/aromatic N) is 2. The highest BCUT2D eigenvalue weighted by Crippen LogP contribution is 2.43. The zero-order chi connectivity index (χ0) is 37.5. The van der Waals surface area contributed by atoms with Crippen LogP contribution in [0.25, 0.3) is 110 Å². The Morgan fingerprint density at radius 3 is 1.63 bits per heavy atom. The third-order valence-electron chi connectivity index (χ3n) is 11.7. The number of hydrogen-bond donors (Lipinski definition) is 0. The monoisotopic (exact) mass is 726 g/mol. The SMILES string of the molecule is c1ccc(-c2ccccc2-n2c3ccc(-c4ccc5c(c4)c4ccccc4n5-c4cccc5c4oc4ccccc45)cc3c3c(-c4ccccc4)cccc32)cc1. The molecule has 0 bridgehead atoms. The zero-order valence-electron chi connectivity index (χ0n) is 30.9. The Hall–Kier alpha value is -7.62. The van der Waals surface area contributed by atoms with Crippen LogP contribution in [0, 0.1) is 0 Å². The van der Waals surface area contributed by atoms with E-state index < -0.39 is 0 Å². The molecule has 0 saturated carbocycles. The number of hydrogen-bond acceptors (Lipinski definition) is 1. The van der Waals surface area contributed by atoms with Crippen LogP contribution < -0.4 is 0 Å². The summed E-state index contributed by atoms with van der Waals surface area (Å²) in [6.45, 7) is 0. The first-order chi connectivity index (χ1) is 28.3. The zero-order valence-corrected chi connectivity index (χ0v) is 30.9. The van der Waals surface area contributed by atoms with Crippen LogP contribution in [0.1, 0.15) is 0 Å². The molecule has 0 amide bonds. The molecule has 0 atom stereocenters. The lowest BCUT2D eigenvalue weighted by molar-refractivity contribution is 0.666. The summed E-state index contributed by atoms with van der Waals surface area (Å²) in [4.78, 5) is 0. The largest absolute Gasteiger partial charge is 0.454 e. The van der Waals surface area contributed by atoms with E-state index in [1.165, 1.54) is 66.0 Å². The molecule has 0 aliphatic heterocycles. The average molecular weight is 727 g/mol. The van der Waals surface area contributed by atoms with Crippen molar-refractivity contribution in [1.82, 2.24) is 9.13 Å². The van der Waals surface area contributed by atoms with E-state index in [0.29, 0.717) is 0 Å². The van der Waals surface area contributed by atoms with Gasteiger partial charge in [0.15, 0.2) is 5.58 Å². The average Bonchev–Trinajstić information content (AvgIpc) is 3.94. The molecule has 266 valence electrons. The summed E-state index contributed by atoms with van der Waals surface area (Å²) in [6, 6.07) is 74.4. The van der Waals surface area contributed by atoms with Crippen LogP contribution in [0.3, 0.4) is 0 Å². The van der Waals surface area contributed by atoms with Crippen LogP contribution in [0.2, 0.25) is 0 Å². The fourth-order valence-electron chi connectivity index (χ4n) is 9.22. The van der Waals surface area contributed by atoms with E-state index in [4.69, 9.17) is 4.42 Å². The van der Waals surface area contributed by atoms with E-state index in [2.05, 4.69) is 209 Å². The van der Waals surface area contributed by atoms with Crippen molar-refractivity contribution in [3.63, 3.8) is 0 Å². The molecule has 0 unspecified atom stereocenters. The number of furan rings is 1. The van der Waals surface area contributed by atoms with Crippen LogP contribution in [0.4, 0.5) is 0 Å². The topological polar surface area (TPSA) is 23.0 Å². The lowest BCUT2D eigenvalue weighted by Crippen LogP contribution is -1.97. The van der Waals surface area contributed by atoms with Gasteiger partial charge in [0.05, 0.1) is 33.4 Å². The number of aromatic nitrogens is 2. The second kappa shape index (κ2) is 12.5. The van der Waals surface area contributed by atoms with E-state index in [1.807, 2.05) is 6.07 Å². The summed E-state index contributed by atoms with van der Waals surface area (Å²) >= 11 is 0. The Morgan fingerprint density at radius 1 is 0.298 bits per heavy atom. The number of para-hydroxylation sites is 4. The molecular weight excluding hydrogens is 693 g/mol. The Labute approximate surface area is 328 Å². The second-order valence-electron chi connectivity index (χ2n) is 14.9. The normalized spacial score (nSPS) is 11.9. The first-order valence-electron chi connectivity index (χ1n) is 19.5. The third kappa shape index (κ3) is 4.79. The van der Waals surface area contributed by atoms with Gasteiger partial charge in [-0.2, -0.15) is 0 Å². The van der Waals surface area contributed by atoms with E-state index in [1.54, 1.807) is 0 Å². The summed E-state index contributed by atoms with van der Waals surface area (Å²) in [6.07, 6.45) is 0. The van der Waals surface area contributed by atoms with Crippen molar-refractivity contribution in [2.24, 2.45) is 0 Å². The maximum Gasteiger partial charge on any atom is 0.159 e. The van der Waals surface area contributed by atoms with Gasteiger partial charge < -0.3 is 13.6 Å². The molecule has 12 rings (SSSR count). The highest BCUT2D eigenvalue weighted by Gasteiger charge is 2.21. The molecule has 0 radical (unpaired) electrons. The van der Waals surface area contributed by atoms with Crippen molar-refractivity contribution >= 4 is 65.6 Å². The summed E-state index contributed by atoms with van der Waals surface area (Å²) in [5.74, 6) is 0. The highest BCUT2D eigenvalue weighted by atomic mass is 16.3. The maximum absolute atomic E-state index is 6.56. The smallest absolute Gasteiger partial charge is 0.159 e. The van der Waals surface area contributed by atoms with Crippen molar-refractivity contribution < 1.29 is 4.42 Å². The van der Waals surface area contributed by atoms with Crippen LogP contribution >= 0.6 is 0 Å². The Morgan fingerprint density at radius 2 is 0.825 bits per heavy atom. The van der Waals surface area contributed by atoms with Crippen molar-refractivity contribution in [1.29, 1.82) is 0 Å². The molecule has 57 heavy (non-hydrogen) atoms. The second-order valence-corrected chi connectivity index (χ2v) is 14.9. The number of rotatable bonds is 5. The first kappa shape index (κ1) is 31.7. The van der Waals surface area contributed by atoms with Crippen LogP contribution in [0.5, 0.6) is 0 Å². The molecule has 3 heteroatoms. The first-order valence-corrected chi connectivity index (χ1v) is 19.5. The minimum Gasteiger partial charge on any atom is -0.454 e. The molecule has 0 fully saturated rings. The molecular formula is C54H34N2O. The molecule has 9 aromatic carbocycles. The highest BCUT2D eigenvalue weighted by molar-refractivity contribution is 6.18. The number of benzene rings is 9. The molecule has 12 aromatic rings. The van der Waals surface area contributed by atoms with E-state index >= 15 is 0 Å². The molecule has 0 aliphatic carbocycles. The number of fused-ring (bicyclic) bond motifs is 9. The van der Waals surface area contributed by atoms with Gasteiger partial charge in [0.2, 0.25) is 0 Å². The van der Waals surface area contributed by atoms with Gasteiger partial charge in [-0.1, -0.05) is 152 Å².